The molecule has 2 nitrogen and oxygen atoms in total. The van der Waals surface area contributed by atoms with Gasteiger partial charge in [-0.05, 0) is 36.3 Å². The van der Waals surface area contributed by atoms with Crippen molar-refractivity contribution in [1.29, 1.82) is 0 Å². The summed E-state index contributed by atoms with van der Waals surface area (Å²) in [5.74, 6) is 0.928. The molecule has 14 heavy (non-hydrogen) atoms. The number of rotatable bonds is 1. The highest BCUT2D eigenvalue weighted by atomic mass is 16.5. The molecule has 1 aliphatic heterocycles. The van der Waals surface area contributed by atoms with Crippen molar-refractivity contribution in [2.24, 2.45) is 0 Å². The average Bonchev–Trinajstić information content (AvgIpc) is 2.19. The van der Waals surface area contributed by atoms with Crippen LogP contribution in [0.25, 0.3) is 6.08 Å². The molecular formula is C12H15NO. The van der Waals surface area contributed by atoms with Crippen LogP contribution in [0.1, 0.15) is 18.1 Å². The summed E-state index contributed by atoms with van der Waals surface area (Å²) in [7, 11) is 3.81. The lowest BCUT2D eigenvalue weighted by Gasteiger charge is -2.26. The van der Waals surface area contributed by atoms with Crippen molar-refractivity contribution < 1.29 is 4.74 Å². The topological polar surface area (TPSA) is 12.5 Å². The van der Waals surface area contributed by atoms with Gasteiger partial charge in [0.1, 0.15) is 5.75 Å². The number of methoxy groups -OCH3 is 1. The molecule has 2 heteroatoms. The lowest BCUT2D eigenvalue weighted by atomic mass is 10.0. The van der Waals surface area contributed by atoms with Crippen LogP contribution in [0, 0.1) is 0 Å². The number of nitrogens with zero attached hydrogens (tertiary/aromatic N) is 1. The molecule has 0 saturated carbocycles. The van der Waals surface area contributed by atoms with Crippen molar-refractivity contribution in [1.82, 2.24) is 4.90 Å². The van der Waals surface area contributed by atoms with Crippen molar-refractivity contribution in [3.63, 3.8) is 0 Å². The van der Waals surface area contributed by atoms with Crippen LogP contribution in [-0.2, 0) is 6.54 Å². The molecule has 0 radical (unpaired) electrons. The van der Waals surface area contributed by atoms with Crippen molar-refractivity contribution in [2.75, 3.05) is 14.2 Å². The van der Waals surface area contributed by atoms with Gasteiger partial charge in [0.2, 0.25) is 0 Å². The maximum atomic E-state index is 5.20. The zero-order valence-corrected chi connectivity index (χ0v) is 8.87. The Kier molecular flexibility index (Phi) is 2.20. The quantitative estimate of drug-likeness (QED) is 0.673. The third-order valence-corrected chi connectivity index (χ3v) is 2.73. The van der Waals surface area contributed by atoms with Crippen LogP contribution in [0.3, 0.4) is 0 Å². The lowest BCUT2D eigenvalue weighted by Crippen LogP contribution is -2.19. The molecule has 0 saturated heterocycles. The smallest absolute Gasteiger partial charge is 0.119 e. The average molecular weight is 189 g/mol. The minimum atomic E-state index is 0.928. The molecule has 0 N–H and O–H groups in total. The van der Waals surface area contributed by atoms with Crippen molar-refractivity contribution >= 4 is 6.08 Å². The summed E-state index contributed by atoms with van der Waals surface area (Å²) in [4.78, 5) is 2.24. The zero-order chi connectivity index (χ0) is 10.1. The van der Waals surface area contributed by atoms with Gasteiger partial charge >= 0.3 is 0 Å². The Morgan fingerprint density at radius 1 is 1.36 bits per heavy atom. The van der Waals surface area contributed by atoms with E-state index >= 15 is 0 Å². The summed E-state index contributed by atoms with van der Waals surface area (Å²) in [6.07, 6.45) is 2.20. The monoisotopic (exact) mass is 189 g/mol. The van der Waals surface area contributed by atoms with Gasteiger partial charge in [-0.3, -0.25) is 0 Å². The molecule has 2 rings (SSSR count). The standard InChI is InChI=1S/C12H15NO/c1-9-6-11-7-12(14-3)5-4-10(11)8-13(9)2/h4-7H,8H2,1-3H3. The fraction of sp³-hybridized carbons (Fsp3) is 0.333. The van der Waals surface area contributed by atoms with Crippen molar-refractivity contribution in [2.45, 2.75) is 13.5 Å². The summed E-state index contributed by atoms with van der Waals surface area (Å²) in [6.45, 7) is 3.12. The summed E-state index contributed by atoms with van der Waals surface area (Å²) in [5.41, 5.74) is 3.93. The first-order valence-electron chi connectivity index (χ1n) is 4.77. The number of benzene rings is 1. The van der Waals surface area contributed by atoms with Gasteiger partial charge in [0, 0.05) is 19.3 Å². The molecule has 1 aliphatic rings. The molecule has 0 spiro atoms. The predicted molar refractivity (Wildman–Crippen MR) is 58.1 cm³/mol. The molecule has 1 aromatic carbocycles. The van der Waals surface area contributed by atoms with Gasteiger partial charge in [-0.1, -0.05) is 6.07 Å². The van der Waals surface area contributed by atoms with Crippen LogP contribution in [0.15, 0.2) is 23.9 Å². The van der Waals surface area contributed by atoms with Crippen LogP contribution in [0.4, 0.5) is 0 Å². The van der Waals surface area contributed by atoms with Crippen molar-refractivity contribution in [3.05, 3.63) is 35.0 Å². The molecular weight excluding hydrogens is 174 g/mol. The Bertz CT molecular complexity index is 382. The number of hydrogen-bond donors (Lipinski definition) is 0. The summed E-state index contributed by atoms with van der Waals surface area (Å²) < 4.78 is 5.20. The Labute approximate surface area is 84.8 Å². The van der Waals surface area contributed by atoms with Crippen molar-refractivity contribution in [3.8, 4) is 5.75 Å². The van der Waals surface area contributed by atoms with E-state index in [4.69, 9.17) is 4.74 Å². The van der Waals surface area contributed by atoms with E-state index < -0.39 is 0 Å². The van der Waals surface area contributed by atoms with Gasteiger partial charge in [-0.15, -0.1) is 0 Å². The first-order valence-corrected chi connectivity index (χ1v) is 4.77. The Balaban J connectivity index is 2.45. The Hall–Kier alpha value is -1.44. The minimum Gasteiger partial charge on any atom is -0.497 e. The number of ether oxygens (including phenoxy) is 1. The molecule has 74 valence electrons. The predicted octanol–water partition coefficient (Wildman–Crippen LogP) is 2.50. The molecule has 0 amide bonds. The fourth-order valence-corrected chi connectivity index (χ4v) is 1.69. The zero-order valence-electron chi connectivity index (χ0n) is 8.87. The second-order valence-electron chi connectivity index (χ2n) is 3.71. The highest BCUT2D eigenvalue weighted by molar-refractivity contribution is 5.60. The Morgan fingerprint density at radius 2 is 2.14 bits per heavy atom. The lowest BCUT2D eigenvalue weighted by molar-refractivity contribution is 0.403. The van der Waals surface area contributed by atoms with Crippen LogP contribution < -0.4 is 4.74 Å². The number of allylic oxidation sites excluding steroid dienone is 1. The number of fused-ring (bicyclic) bond motifs is 1. The molecule has 0 aliphatic carbocycles. The maximum absolute atomic E-state index is 5.20. The van der Waals surface area contributed by atoms with E-state index in [9.17, 15) is 0 Å². The fourth-order valence-electron chi connectivity index (χ4n) is 1.69. The molecule has 0 unspecified atom stereocenters. The SMILES string of the molecule is COc1ccc2c(c1)C=C(C)N(C)C2. The molecule has 1 aromatic rings. The first kappa shape index (κ1) is 9.13. The van der Waals surface area contributed by atoms with E-state index in [1.807, 2.05) is 6.07 Å². The second kappa shape index (κ2) is 3.37. The van der Waals surface area contributed by atoms with Crippen LogP contribution in [-0.4, -0.2) is 19.1 Å². The van der Waals surface area contributed by atoms with Gasteiger partial charge in [-0.25, -0.2) is 0 Å². The van der Waals surface area contributed by atoms with Crippen LogP contribution in [0.5, 0.6) is 5.75 Å². The normalized spacial score (nSPS) is 14.8. The molecule has 0 fully saturated rings. The van der Waals surface area contributed by atoms with Gasteiger partial charge in [0.25, 0.3) is 0 Å². The van der Waals surface area contributed by atoms with Gasteiger partial charge in [-0.2, -0.15) is 0 Å². The summed E-state index contributed by atoms with van der Waals surface area (Å²) in [5, 5.41) is 0. The second-order valence-corrected chi connectivity index (χ2v) is 3.71. The largest absolute Gasteiger partial charge is 0.497 e. The minimum absolute atomic E-state index is 0.928. The van der Waals surface area contributed by atoms with Crippen LogP contribution >= 0.6 is 0 Å². The highest BCUT2D eigenvalue weighted by Crippen LogP contribution is 2.26. The third-order valence-electron chi connectivity index (χ3n) is 2.73. The van der Waals surface area contributed by atoms with Gasteiger partial charge < -0.3 is 9.64 Å². The van der Waals surface area contributed by atoms with E-state index in [1.165, 1.54) is 16.8 Å². The molecule has 0 atom stereocenters. The molecule has 0 aromatic heterocycles. The molecule has 0 bridgehead atoms. The first-order chi connectivity index (χ1) is 6.70. The van der Waals surface area contributed by atoms with Gasteiger partial charge in [0.15, 0.2) is 0 Å². The van der Waals surface area contributed by atoms with E-state index in [0.717, 1.165) is 12.3 Å². The van der Waals surface area contributed by atoms with E-state index in [2.05, 4.69) is 37.1 Å². The third kappa shape index (κ3) is 1.48. The van der Waals surface area contributed by atoms with E-state index in [1.54, 1.807) is 7.11 Å². The van der Waals surface area contributed by atoms with E-state index in [-0.39, 0.29) is 0 Å². The van der Waals surface area contributed by atoms with Crippen LogP contribution in [0.2, 0.25) is 0 Å². The van der Waals surface area contributed by atoms with Gasteiger partial charge in [0.05, 0.1) is 7.11 Å². The summed E-state index contributed by atoms with van der Waals surface area (Å²) >= 11 is 0. The van der Waals surface area contributed by atoms with E-state index in [0.29, 0.717) is 0 Å². The summed E-state index contributed by atoms with van der Waals surface area (Å²) in [6, 6.07) is 6.24. The number of hydrogen-bond acceptors (Lipinski definition) is 2. The highest BCUT2D eigenvalue weighted by Gasteiger charge is 2.11. The maximum Gasteiger partial charge on any atom is 0.119 e. The Morgan fingerprint density at radius 3 is 2.86 bits per heavy atom. The molecule has 1 heterocycles.